The van der Waals surface area contributed by atoms with Crippen LogP contribution in [0.5, 0.6) is 5.75 Å². The molecule has 1 aliphatic rings. The second-order valence-electron chi connectivity index (χ2n) is 6.62. The van der Waals surface area contributed by atoms with Crippen molar-refractivity contribution in [2.75, 3.05) is 33.3 Å². The Hall–Kier alpha value is -2.68. The molecule has 8 nitrogen and oxygen atoms in total. The Morgan fingerprint density at radius 2 is 1.93 bits per heavy atom. The van der Waals surface area contributed by atoms with Crippen LogP contribution in [0, 0.1) is 0 Å². The van der Waals surface area contributed by atoms with E-state index in [0.717, 1.165) is 0 Å². The van der Waals surface area contributed by atoms with Crippen molar-refractivity contribution >= 4 is 29.9 Å². The number of pyridine rings is 1. The van der Waals surface area contributed by atoms with Crippen molar-refractivity contribution in [3.8, 4) is 17.1 Å². The van der Waals surface area contributed by atoms with E-state index in [-0.39, 0.29) is 18.3 Å². The summed E-state index contributed by atoms with van der Waals surface area (Å²) >= 11 is 6.09. The average molecular weight is 450 g/mol. The predicted octanol–water partition coefficient (Wildman–Crippen LogP) is 3.17. The summed E-state index contributed by atoms with van der Waals surface area (Å²) in [5.41, 5.74) is 1.22. The zero-order valence-electron chi connectivity index (χ0n) is 16.3. The molecule has 0 unspecified atom stereocenters. The number of hydrogen-bond donors (Lipinski definition) is 0. The summed E-state index contributed by atoms with van der Waals surface area (Å²) in [6.07, 6.45) is 1.61. The first-order valence-corrected chi connectivity index (χ1v) is 9.61. The Morgan fingerprint density at radius 1 is 1.17 bits per heavy atom. The summed E-state index contributed by atoms with van der Waals surface area (Å²) < 4.78 is 10.7. The van der Waals surface area contributed by atoms with Gasteiger partial charge in [-0.2, -0.15) is 4.98 Å². The number of carbonyl (C=O) groups excluding carboxylic acids is 1. The maximum absolute atomic E-state index is 12.8. The number of hydrogen-bond acceptors (Lipinski definition) is 7. The smallest absolute Gasteiger partial charge is 0.257 e. The van der Waals surface area contributed by atoms with Gasteiger partial charge in [0, 0.05) is 32.4 Å². The van der Waals surface area contributed by atoms with Gasteiger partial charge in [-0.15, -0.1) is 12.4 Å². The maximum Gasteiger partial charge on any atom is 0.257 e. The SMILES string of the molecule is COc1ccccc1C(=O)N1CCN(Cc2nc(-c3cccnc3Cl)no2)CC1.Cl. The topological polar surface area (TPSA) is 84.6 Å². The van der Waals surface area contributed by atoms with E-state index in [1.807, 2.05) is 17.0 Å². The van der Waals surface area contributed by atoms with Gasteiger partial charge in [-0.3, -0.25) is 9.69 Å². The number of piperazine rings is 1. The zero-order chi connectivity index (χ0) is 20.2. The molecule has 0 aliphatic carbocycles. The van der Waals surface area contributed by atoms with E-state index < -0.39 is 0 Å². The van der Waals surface area contributed by atoms with Gasteiger partial charge in [0.2, 0.25) is 11.7 Å². The van der Waals surface area contributed by atoms with Crippen LogP contribution in [0.3, 0.4) is 0 Å². The molecule has 1 aliphatic heterocycles. The number of ether oxygens (including phenoxy) is 1. The van der Waals surface area contributed by atoms with Gasteiger partial charge in [0.05, 0.1) is 24.8 Å². The van der Waals surface area contributed by atoms with Crippen LogP contribution in [-0.4, -0.2) is 64.1 Å². The first kappa shape index (κ1) is 22.0. The molecule has 0 N–H and O–H groups in total. The molecule has 1 aromatic carbocycles. The molecule has 158 valence electrons. The maximum atomic E-state index is 12.8. The Morgan fingerprint density at radius 3 is 2.67 bits per heavy atom. The Bertz CT molecular complexity index is 1010. The molecule has 0 spiro atoms. The number of nitrogens with zero attached hydrogens (tertiary/aromatic N) is 5. The molecule has 4 rings (SSSR count). The fraction of sp³-hybridized carbons (Fsp3) is 0.300. The Labute approximate surface area is 185 Å². The lowest BCUT2D eigenvalue weighted by Gasteiger charge is -2.34. The van der Waals surface area contributed by atoms with Crippen molar-refractivity contribution in [1.29, 1.82) is 0 Å². The van der Waals surface area contributed by atoms with Crippen LogP contribution in [-0.2, 0) is 6.54 Å². The van der Waals surface area contributed by atoms with Gasteiger partial charge in [0.25, 0.3) is 5.91 Å². The van der Waals surface area contributed by atoms with Crippen LogP contribution in [0.25, 0.3) is 11.4 Å². The molecule has 3 heterocycles. The molecule has 3 aromatic rings. The van der Waals surface area contributed by atoms with Gasteiger partial charge < -0.3 is 14.2 Å². The minimum atomic E-state index is -0.0200. The fourth-order valence-electron chi connectivity index (χ4n) is 3.27. The molecule has 2 aromatic heterocycles. The van der Waals surface area contributed by atoms with E-state index in [4.69, 9.17) is 20.9 Å². The normalized spacial score (nSPS) is 14.3. The third kappa shape index (κ3) is 4.72. The van der Waals surface area contributed by atoms with Crippen LogP contribution in [0.15, 0.2) is 47.1 Å². The molecule has 1 fully saturated rings. The first-order valence-electron chi connectivity index (χ1n) is 9.24. The molecule has 30 heavy (non-hydrogen) atoms. The van der Waals surface area contributed by atoms with Gasteiger partial charge in [0.15, 0.2) is 0 Å². The fourth-order valence-corrected chi connectivity index (χ4v) is 3.48. The number of benzene rings is 1. The van der Waals surface area contributed by atoms with Gasteiger partial charge in [-0.25, -0.2) is 4.98 Å². The molecule has 1 amide bonds. The van der Waals surface area contributed by atoms with Crippen LogP contribution in [0.1, 0.15) is 16.2 Å². The second kappa shape index (κ2) is 9.88. The quantitative estimate of drug-likeness (QED) is 0.552. The van der Waals surface area contributed by atoms with Gasteiger partial charge in [0.1, 0.15) is 10.9 Å². The number of halogens is 2. The summed E-state index contributed by atoms with van der Waals surface area (Å²) in [5.74, 6) is 1.49. The molecular weight excluding hydrogens is 429 g/mol. The summed E-state index contributed by atoms with van der Waals surface area (Å²) in [7, 11) is 1.57. The zero-order valence-corrected chi connectivity index (χ0v) is 17.9. The molecule has 0 bridgehead atoms. The third-order valence-electron chi connectivity index (χ3n) is 4.82. The summed E-state index contributed by atoms with van der Waals surface area (Å²) in [6, 6.07) is 10.8. The van der Waals surface area contributed by atoms with Crippen LogP contribution < -0.4 is 4.74 Å². The number of methoxy groups -OCH3 is 1. The van der Waals surface area contributed by atoms with E-state index in [1.54, 1.807) is 37.6 Å². The molecule has 0 atom stereocenters. The van der Waals surface area contributed by atoms with Crippen LogP contribution in [0.4, 0.5) is 0 Å². The minimum Gasteiger partial charge on any atom is -0.496 e. The van der Waals surface area contributed by atoms with Crippen molar-refractivity contribution in [3.63, 3.8) is 0 Å². The van der Waals surface area contributed by atoms with Crippen molar-refractivity contribution in [2.24, 2.45) is 0 Å². The van der Waals surface area contributed by atoms with Crippen molar-refractivity contribution < 1.29 is 14.1 Å². The van der Waals surface area contributed by atoms with E-state index >= 15 is 0 Å². The Balaban J connectivity index is 0.00000256. The third-order valence-corrected chi connectivity index (χ3v) is 5.13. The highest BCUT2D eigenvalue weighted by atomic mass is 35.5. The number of carbonyl (C=O) groups is 1. The Kier molecular flexibility index (Phi) is 7.25. The molecule has 0 saturated carbocycles. The van der Waals surface area contributed by atoms with Crippen molar-refractivity contribution in [2.45, 2.75) is 6.54 Å². The molecular formula is C20H21Cl2N5O3. The number of aromatic nitrogens is 3. The highest BCUT2D eigenvalue weighted by molar-refractivity contribution is 6.31. The van der Waals surface area contributed by atoms with Gasteiger partial charge in [-0.05, 0) is 24.3 Å². The highest BCUT2D eigenvalue weighted by Gasteiger charge is 2.25. The lowest BCUT2D eigenvalue weighted by atomic mass is 10.1. The highest BCUT2D eigenvalue weighted by Crippen LogP contribution is 2.23. The summed E-state index contributed by atoms with van der Waals surface area (Å²) in [6.45, 7) is 3.18. The van der Waals surface area contributed by atoms with E-state index in [9.17, 15) is 4.79 Å². The molecule has 10 heteroatoms. The van der Waals surface area contributed by atoms with E-state index in [2.05, 4.69) is 20.0 Å². The summed E-state index contributed by atoms with van der Waals surface area (Å²) in [4.78, 5) is 25.3. The predicted molar refractivity (Wildman–Crippen MR) is 114 cm³/mol. The van der Waals surface area contributed by atoms with Gasteiger partial charge in [-0.1, -0.05) is 28.9 Å². The first-order chi connectivity index (χ1) is 14.2. The number of amides is 1. The standard InChI is InChI=1S/C20H20ClN5O3.ClH/c1-28-16-7-3-2-5-14(16)20(27)26-11-9-25(10-12-26)13-17-23-19(24-29-17)15-6-4-8-22-18(15)21;/h2-8H,9-13H2,1H3;1H. The lowest BCUT2D eigenvalue weighted by Crippen LogP contribution is -2.48. The summed E-state index contributed by atoms with van der Waals surface area (Å²) in [5, 5.41) is 4.34. The van der Waals surface area contributed by atoms with Gasteiger partial charge >= 0.3 is 0 Å². The minimum absolute atomic E-state index is 0. The number of para-hydroxylation sites is 1. The van der Waals surface area contributed by atoms with E-state index in [0.29, 0.717) is 66.5 Å². The average Bonchev–Trinajstić information content (AvgIpc) is 3.22. The monoisotopic (exact) mass is 449 g/mol. The van der Waals surface area contributed by atoms with Crippen molar-refractivity contribution in [3.05, 3.63) is 59.2 Å². The van der Waals surface area contributed by atoms with Crippen LogP contribution in [0.2, 0.25) is 5.15 Å². The van der Waals surface area contributed by atoms with Crippen LogP contribution >= 0.6 is 24.0 Å². The molecule has 1 saturated heterocycles. The largest absolute Gasteiger partial charge is 0.496 e. The van der Waals surface area contributed by atoms with Crippen molar-refractivity contribution in [1.82, 2.24) is 24.9 Å². The molecule has 0 radical (unpaired) electrons. The number of rotatable bonds is 5. The van der Waals surface area contributed by atoms with E-state index in [1.165, 1.54) is 0 Å². The second-order valence-corrected chi connectivity index (χ2v) is 6.98. The lowest BCUT2D eigenvalue weighted by molar-refractivity contribution is 0.0612.